The van der Waals surface area contributed by atoms with E-state index in [1.54, 1.807) is 0 Å². The number of hydrogen-bond donors (Lipinski definition) is 1. The molecule has 0 aromatic carbocycles. The monoisotopic (exact) mass is 267 g/mol. The Morgan fingerprint density at radius 2 is 2.00 bits per heavy atom. The summed E-state index contributed by atoms with van der Waals surface area (Å²) >= 11 is 0. The first kappa shape index (κ1) is 15.3. The second kappa shape index (κ2) is 5.73. The number of hydrogen-bond acceptors (Lipinski definition) is 2. The van der Waals surface area contributed by atoms with Crippen molar-refractivity contribution in [2.24, 2.45) is 23.0 Å². The van der Waals surface area contributed by atoms with Crippen LogP contribution in [0.1, 0.15) is 72.6 Å². The van der Waals surface area contributed by atoms with E-state index in [2.05, 4.69) is 27.7 Å². The maximum Gasteiger partial charge on any atom is 0.0685 e. The quantitative estimate of drug-likeness (QED) is 0.831. The Morgan fingerprint density at radius 1 is 1.32 bits per heavy atom. The van der Waals surface area contributed by atoms with Gasteiger partial charge in [0.25, 0.3) is 0 Å². The van der Waals surface area contributed by atoms with Gasteiger partial charge in [0.05, 0.1) is 5.60 Å². The Bertz CT molecular complexity index is 290. The summed E-state index contributed by atoms with van der Waals surface area (Å²) in [7, 11) is 0. The number of ether oxygens (including phenoxy) is 1. The third kappa shape index (κ3) is 4.19. The second-order valence-electron chi connectivity index (χ2n) is 8.41. The normalized spacial score (nSPS) is 29.8. The van der Waals surface area contributed by atoms with E-state index in [9.17, 15) is 0 Å². The molecular weight excluding hydrogens is 234 g/mol. The fourth-order valence-electron chi connectivity index (χ4n) is 4.14. The van der Waals surface area contributed by atoms with E-state index in [0.717, 1.165) is 12.5 Å². The largest absolute Gasteiger partial charge is 0.375 e. The smallest absolute Gasteiger partial charge is 0.0685 e. The fourth-order valence-corrected chi connectivity index (χ4v) is 4.14. The molecule has 112 valence electrons. The van der Waals surface area contributed by atoms with E-state index >= 15 is 0 Å². The molecule has 2 nitrogen and oxygen atoms in total. The van der Waals surface area contributed by atoms with Crippen molar-refractivity contribution in [3.05, 3.63) is 0 Å². The fraction of sp³-hybridized carbons (Fsp3) is 1.00. The molecule has 2 N–H and O–H groups in total. The van der Waals surface area contributed by atoms with Gasteiger partial charge in [0, 0.05) is 12.6 Å². The summed E-state index contributed by atoms with van der Waals surface area (Å²) in [6, 6.07) is 0.374. The third-order valence-electron chi connectivity index (χ3n) is 5.04. The molecule has 0 amide bonds. The summed E-state index contributed by atoms with van der Waals surface area (Å²) in [6.45, 7) is 10.3. The van der Waals surface area contributed by atoms with Gasteiger partial charge < -0.3 is 10.5 Å². The predicted molar refractivity (Wildman–Crippen MR) is 81.1 cm³/mol. The first-order chi connectivity index (χ1) is 8.80. The molecule has 2 aliphatic rings. The summed E-state index contributed by atoms with van der Waals surface area (Å²) in [4.78, 5) is 0. The molecule has 1 aliphatic carbocycles. The van der Waals surface area contributed by atoms with Crippen LogP contribution in [0.3, 0.4) is 0 Å². The zero-order chi connectivity index (χ0) is 14.1. The standard InChI is InChI=1S/C17H33NO/c1-13(11-16(2,3)4)10-15(18)14-6-9-19-17(12-14)7-5-8-17/h13-15H,5-12,18H2,1-4H3. The Balaban J connectivity index is 1.80. The van der Waals surface area contributed by atoms with Gasteiger partial charge >= 0.3 is 0 Å². The lowest BCUT2D eigenvalue weighted by Gasteiger charge is -2.48. The molecule has 2 rings (SSSR count). The Morgan fingerprint density at radius 3 is 2.53 bits per heavy atom. The molecule has 1 saturated carbocycles. The molecule has 1 spiro atoms. The van der Waals surface area contributed by atoms with Crippen LogP contribution < -0.4 is 5.73 Å². The highest BCUT2D eigenvalue weighted by molar-refractivity contribution is 4.96. The van der Waals surface area contributed by atoms with Crippen LogP contribution in [-0.2, 0) is 4.74 Å². The van der Waals surface area contributed by atoms with Crippen LogP contribution in [0.25, 0.3) is 0 Å². The maximum atomic E-state index is 6.51. The van der Waals surface area contributed by atoms with Crippen molar-refractivity contribution in [3.8, 4) is 0 Å². The lowest BCUT2D eigenvalue weighted by molar-refractivity contribution is -0.146. The molecule has 0 bridgehead atoms. The van der Waals surface area contributed by atoms with Crippen LogP contribution >= 0.6 is 0 Å². The first-order valence-corrected chi connectivity index (χ1v) is 8.19. The third-order valence-corrected chi connectivity index (χ3v) is 5.04. The molecular formula is C17H33NO. The van der Waals surface area contributed by atoms with Gasteiger partial charge in [-0.15, -0.1) is 0 Å². The van der Waals surface area contributed by atoms with Crippen molar-refractivity contribution in [1.29, 1.82) is 0 Å². The summed E-state index contributed by atoms with van der Waals surface area (Å²) in [6.07, 6.45) is 8.73. The molecule has 0 radical (unpaired) electrons. The van der Waals surface area contributed by atoms with E-state index in [0.29, 0.717) is 17.4 Å². The van der Waals surface area contributed by atoms with Crippen molar-refractivity contribution in [2.45, 2.75) is 84.3 Å². The van der Waals surface area contributed by atoms with Crippen molar-refractivity contribution in [1.82, 2.24) is 0 Å². The van der Waals surface area contributed by atoms with E-state index in [1.165, 1.54) is 44.9 Å². The summed E-state index contributed by atoms with van der Waals surface area (Å²) in [5.74, 6) is 1.42. The molecule has 19 heavy (non-hydrogen) atoms. The van der Waals surface area contributed by atoms with Crippen LogP contribution in [0.5, 0.6) is 0 Å². The van der Waals surface area contributed by atoms with Gasteiger partial charge in [-0.2, -0.15) is 0 Å². The highest BCUT2D eigenvalue weighted by atomic mass is 16.5. The molecule has 2 fully saturated rings. The lowest BCUT2D eigenvalue weighted by atomic mass is 9.69. The summed E-state index contributed by atoms with van der Waals surface area (Å²) < 4.78 is 6.01. The molecule has 2 heteroatoms. The minimum Gasteiger partial charge on any atom is -0.375 e. The van der Waals surface area contributed by atoms with Crippen molar-refractivity contribution in [2.75, 3.05) is 6.61 Å². The van der Waals surface area contributed by atoms with Gasteiger partial charge in [-0.25, -0.2) is 0 Å². The topological polar surface area (TPSA) is 35.2 Å². The second-order valence-corrected chi connectivity index (χ2v) is 8.41. The van der Waals surface area contributed by atoms with Crippen LogP contribution in [0.4, 0.5) is 0 Å². The predicted octanol–water partition coefficient (Wildman–Crippen LogP) is 4.13. The highest BCUT2D eigenvalue weighted by Gasteiger charge is 2.43. The minimum atomic E-state index is 0.244. The lowest BCUT2D eigenvalue weighted by Crippen LogP contribution is -2.49. The number of nitrogens with two attached hydrogens (primary N) is 1. The average Bonchev–Trinajstić information content (AvgIpc) is 2.24. The van der Waals surface area contributed by atoms with Crippen molar-refractivity contribution < 1.29 is 4.74 Å². The first-order valence-electron chi connectivity index (χ1n) is 8.19. The van der Waals surface area contributed by atoms with Gasteiger partial charge in [0.2, 0.25) is 0 Å². The van der Waals surface area contributed by atoms with E-state index in [-0.39, 0.29) is 5.60 Å². The molecule has 3 atom stereocenters. The average molecular weight is 267 g/mol. The molecule has 1 saturated heterocycles. The van der Waals surface area contributed by atoms with Crippen LogP contribution in [0.15, 0.2) is 0 Å². The van der Waals surface area contributed by atoms with Crippen LogP contribution in [0.2, 0.25) is 0 Å². The summed E-state index contributed by atoms with van der Waals surface area (Å²) in [5.41, 5.74) is 7.18. The number of rotatable bonds is 4. The van der Waals surface area contributed by atoms with Gasteiger partial charge in [0.15, 0.2) is 0 Å². The van der Waals surface area contributed by atoms with Crippen molar-refractivity contribution >= 4 is 0 Å². The Kier molecular flexibility index (Phi) is 4.62. The van der Waals surface area contributed by atoms with Gasteiger partial charge in [-0.1, -0.05) is 27.7 Å². The maximum absolute atomic E-state index is 6.51. The van der Waals surface area contributed by atoms with Crippen LogP contribution in [0, 0.1) is 17.3 Å². The van der Waals surface area contributed by atoms with Gasteiger partial charge in [0.1, 0.15) is 0 Å². The SMILES string of the molecule is CC(CC(N)C1CCOC2(CCC2)C1)CC(C)(C)C. The molecule has 3 unspecified atom stereocenters. The van der Waals surface area contributed by atoms with Gasteiger partial charge in [-0.05, 0) is 62.2 Å². The van der Waals surface area contributed by atoms with Crippen molar-refractivity contribution in [3.63, 3.8) is 0 Å². The minimum absolute atomic E-state index is 0.244. The molecule has 1 heterocycles. The Labute approximate surface area is 119 Å². The van der Waals surface area contributed by atoms with E-state index in [4.69, 9.17) is 10.5 Å². The van der Waals surface area contributed by atoms with E-state index < -0.39 is 0 Å². The van der Waals surface area contributed by atoms with E-state index in [1.807, 2.05) is 0 Å². The highest BCUT2D eigenvalue weighted by Crippen LogP contribution is 2.45. The molecule has 0 aromatic rings. The summed E-state index contributed by atoms with van der Waals surface area (Å²) in [5, 5.41) is 0. The Hall–Kier alpha value is -0.0800. The zero-order valence-corrected chi connectivity index (χ0v) is 13.4. The molecule has 1 aliphatic heterocycles. The molecule has 0 aromatic heterocycles. The van der Waals surface area contributed by atoms with Gasteiger partial charge in [-0.3, -0.25) is 0 Å². The zero-order valence-electron chi connectivity index (χ0n) is 13.4. The van der Waals surface area contributed by atoms with Crippen LogP contribution in [-0.4, -0.2) is 18.2 Å².